The van der Waals surface area contributed by atoms with Gasteiger partial charge in [-0.25, -0.2) is 4.79 Å². The lowest BCUT2D eigenvalue weighted by atomic mass is 9.91. The van der Waals surface area contributed by atoms with Crippen LogP contribution in [-0.2, 0) is 9.59 Å². The Balaban J connectivity index is 2.23. The Morgan fingerprint density at radius 2 is 2.27 bits per heavy atom. The van der Waals surface area contributed by atoms with Crippen molar-refractivity contribution in [3.05, 3.63) is 0 Å². The van der Waals surface area contributed by atoms with Gasteiger partial charge in [0.2, 0.25) is 5.91 Å². The van der Waals surface area contributed by atoms with Crippen LogP contribution >= 0.6 is 24.0 Å². The van der Waals surface area contributed by atoms with Crippen LogP contribution in [0.3, 0.4) is 0 Å². The molecule has 2 N–H and O–H groups in total. The maximum absolute atomic E-state index is 11.6. The van der Waals surface area contributed by atoms with Gasteiger partial charge in [0.05, 0.1) is 21.6 Å². The molecular formula is C8H9NO4S2. The quantitative estimate of drug-likeness (QED) is 0.514. The van der Waals surface area contributed by atoms with E-state index in [1.165, 1.54) is 23.6 Å². The summed E-state index contributed by atoms with van der Waals surface area (Å²) in [7, 11) is 0. The Labute approximate surface area is 95.4 Å². The molecule has 0 radical (unpaired) electrons. The van der Waals surface area contributed by atoms with Gasteiger partial charge in [-0.2, -0.15) is 0 Å². The van der Waals surface area contributed by atoms with E-state index >= 15 is 0 Å². The summed E-state index contributed by atoms with van der Waals surface area (Å²) in [5, 5.41) is 17.9. The first kappa shape index (κ1) is 10.8. The molecule has 0 saturated carbocycles. The van der Waals surface area contributed by atoms with Crippen molar-refractivity contribution in [1.29, 1.82) is 0 Å². The summed E-state index contributed by atoms with van der Waals surface area (Å²) in [5.74, 6) is -1.94. The summed E-state index contributed by atoms with van der Waals surface area (Å²) in [6.45, 7) is 1.53. The second-order valence-corrected chi connectivity index (χ2v) is 5.44. The number of nitrogens with zero attached hydrogens (tertiary/aromatic N) is 1. The molecule has 0 bridgehead atoms. The zero-order valence-corrected chi connectivity index (χ0v) is 9.42. The number of carboxylic acid groups (broad SMARTS) is 1. The van der Waals surface area contributed by atoms with E-state index in [9.17, 15) is 14.7 Å². The number of aliphatic hydroxyl groups excluding tert-OH is 1. The maximum Gasteiger partial charge on any atom is 0.332 e. The third-order valence-electron chi connectivity index (χ3n) is 2.61. The Morgan fingerprint density at radius 1 is 1.67 bits per heavy atom. The van der Waals surface area contributed by atoms with Crippen LogP contribution in [0.1, 0.15) is 6.92 Å². The number of rotatable bonds is 2. The number of β-lactam (4-membered cyclic amide) rings is 1. The zero-order chi connectivity index (χ0) is 11.3. The Morgan fingerprint density at radius 3 is 2.73 bits per heavy atom. The molecule has 2 heterocycles. The smallest absolute Gasteiger partial charge is 0.332 e. The van der Waals surface area contributed by atoms with Gasteiger partial charge in [0.1, 0.15) is 0 Å². The molecule has 4 atom stereocenters. The number of aliphatic carboxylic acids is 1. The van der Waals surface area contributed by atoms with Gasteiger partial charge in [0, 0.05) is 0 Å². The molecule has 82 valence electrons. The molecule has 2 aliphatic rings. The number of thiocarbonyl (C=S) groups is 1. The van der Waals surface area contributed by atoms with E-state index in [0.717, 1.165) is 0 Å². The normalized spacial score (nSPS) is 36.1. The van der Waals surface area contributed by atoms with Gasteiger partial charge in [0.15, 0.2) is 6.04 Å². The first-order valence-corrected chi connectivity index (χ1v) is 5.67. The molecule has 3 unspecified atom stereocenters. The number of carbonyl (C=O) groups excluding carboxylic acids is 1. The Kier molecular flexibility index (Phi) is 2.48. The molecule has 2 saturated heterocycles. The topological polar surface area (TPSA) is 77.8 Å². The van der Waals surface area contributed by atoms with Gasteiger partial charge in [-0.1, -0.05) is 24.0 Å². The number of amides is 1. The summed E-state index contributed by atoms with van der Waals surface area (Å²) in [6.07, 6.45) is -0.762. The summed E-state index contributed by atoms with van der Waals surface area (Å²) >= 11 is 6.10. The molecule has 7 heteroatoms. The third kappa shape index (κ3) is 1.37. The predicted molar refractivity (Wildman–Crippen MR) is 57.4 cm³/mol. The molecule has 0 spiro atoms. The molecule has 0 aromatic carbocycles. The van der Waals surface area contributed by atoms with E-state index < -0.39 is 24.0 Å². The second-order valence-electron chi connectivity index (χ2n) is 3.58. The van der Waals surface area contributed by atoms with E-state index in [-0.39, 0.29) is 11.3 Å². The number of hydrogen-bond acceptors (Lipinski definition) is 5. The van der Waals surface area contributed by atoms with Crippen LogP contribution < -0.4 is 0 Å². The fourth-order valence-corrected chi connectivity index (χ4v) is 3.80. The zero-order valence-electron chi connectivity index (χ0n) is 7.78. The molecule has 2 rings (SSSR count). The highest BCUT2D eigenvalue weighted by atomic mass is 32.2. The summed E-state index contributed by atoms with van der Waals surface area (Å²) in [5.41, 5.74) is 0. The van der Waals surface area contributed by atoms with E-state index in [4.69, 9.17) is 17.3 Å². The Bertz CT molecular complexity index is 357. The largest absolute Gasteiger partial charge is 0.479 e. The van der Waals surface area contributed by atoms with Crippen LogP contribution in [0.5, 0.6) is 0 Å². The van der Waals surface area contributed by atoms with Gasteiger partial charge in [0.25, 0.3) is 0 Å². The first-order chi connectivity index (χ1) is 6.95. The van der Waals surface area contributed by atoms with Crippen LogP contribution in [0, 0.1) is 5.92 Å². The average Bonchev–Trinajstić information content (AvgIpc) is 2.38. The minimum Gasteiger partial charge on any atom is -0.479 e. The van der Waals surface area contributed by atoms with Crippen LogP contribution in [0.2, 0.25) is 0 Å². The van der Waals surface area contributed by atoms with Crippen molar-refractivity contribution in [2.75, 3.05) is 0 Å². The van der Waals surface area contributed by atoms with E-state index in [1.54, 1.807) is 0 Å². The molecule has 0 aromatic rings. The van der Waals surface area contributed by atoms with Crippen molar-refractivity contribution < 1.29 is 19.8 Å². The molecule has 1 amide bonds. The van der Waals surface area contributed by atoms with E-state index in [0.29, 0.717) is 4.20 Å². The van der Waals surface area contributed by atoms with Gasteiger partial charge >= 0.3 is 5.97 Å². The van der Waals surface area contributed by atoms with Gasteiger partial charge in [-0.3, -0.25) is 4.79 Å². The SMILES string of the molecule is CC(O)C1C(=O)N2C(C(=O)O)C(=S)S[C@H]12. The molecule has 0 aromatic heterocycles. The van der Waals surface area contributed by atoms with Crippen LogP contribution in [0.4, 0.5) is 0 Å². The van der Waals surface area contributed by atoms with Crippen LogP contribution in [-0.4, -0.2) is 48.7 Å². The fraction of sp³-hybridized carbons (Fsp3) is 0.625. The molecule has 2 fully saturated rings. The van der Waals surface area contributed by atoms with Crippen molar-refractivity contribution >= 4 is 40.1 Å². The molecule has 5 nitrogen and oxygen atoms in total. The lowest BCUT2D eigenvalue weighted by Gasteiger charge is -2.44. The number of carboxylic acids is 1. The van der Waals surface area contributed by atoms with Crippen LogP contribution in [0.15, 0.2) is 0 Å². The first-order valence-electron chi connectivity index (χ1n) is 4.38. The highest BCUT2D eigenvalue weighted by Gasteiger charge is 2.60. The molecule has 2 aliphatic heterocycles. The summed E-state index contributed by atoms with van der Waals surface area (Å²) in [6, 6.07) is -1.00. The minimum atomic E-state index is -1.10. The minimum absolute atomic E-state index is 0.295. The number of aliphatic hydroxyl groups is 1. The lowest BCUT2D eigenvalue weighted by molar-refractivity contribution is -0.164. The van der Waals surface area contributed by atoms with Gasteiger partial charge < -0.3 is 15.1 Å². The number of hydrogen-bond donors (Lipinski definition) is 2. The monoisotopic (exact) mass is 247 g/mol. The van der Waals surface area contributed by atoms with Crippen molar-refractivity contribution in [3.8, 4) is 0 Å². The molecule has 0 aliphatic carbocycles. The fourth-order valence-electron chi connectivity index (χ4n) is 1.88. The average molecular weight is 247 g/mol. The lowest BCUT2D eigenvalue weighted by Crippen LogP contribution is -2.64. The van der Waals surface area contributed by atoms with Crippen molar-refractivity contribution in [3.63, 3.8) is 0 Å². The Hall–Kier alpha value is -0.660. The molecule has 15 heavy (non-hydrogen) atoms. The van der Waals surface area contributed by atoms with Crippen LogP contribution in [0.25, 0.3) is 0 Å². The number of carbonyl (C=O) groups is 2. The highest BCUT2D eigenvalue weighted by Crippen LogP contribution is 2.46. The van der Waals surface area contributed by atoms with Gasteiger partial charge in [-0.05, 0) is 6.92 Å². The third-order valence-corrected chi connectivity index (χ3v) is 4.34. The highest BCUT2D eigenvalue weighted by molar-refractivity contribution is 8.24. The summed E-state index contributed by atoms with van der Waals surface area (Å²) in [4.78, 5) is 23.7. The predicted octanol–water partition coefficient (Wildman–Crippen LogP) is -0.321. The summed E-state index contributed by atoms with van der Waals surface area (Å²) < 4.78 is 0.295. The van der Waals surface area contributed by atoms with Crippen molar-refractivity contribution in [2.45, 2.75) is 24.4 Å². The van der Waals surface area contributed by atoms with Crippen molar-refractivity contribution in [1.82, 2.24) is 4.90 Å². The maximum atomic E-state index is 11.6. The number of thioether (sulfide) groups is 1. The van der Waals surface area contributed by atoms with Gasteiger partial charge in [-0.15, -0.1) is 0 Å². The number of fused-ring (bicyclic) bond motifs is 1. The van der Waals surface area contributed by atoms with E-state index in [2.05, 4.69) is 0 Å². The van der Waals surface area contributed by atoms with Crippen molar-refractivity contribution in [2.24, 2.45) is 5.92 Å². The standard InChI is InChI=1S/C8H9NO4S2/c1-2(10)3-5(11)9-4(7(12)13)8(14)15-6(3)9/h2-4,6,10H,1H3,(H,12,13)/t2?,3?,4?,6-/m1/s1. The second kappa shape index (κ2) is 3.43. The molecular weight excluding hydrogens is 238 g/mol. The van der Waals surface area contributed by atoms with E-state index in [1.807, 2.05) is 0 Å².